The standard InChI is InChI=1S/C26H28N6O3/c1-3-23(33)31-13-5-8-21(15-31)32-16-22(25(27)34)24(30-32)18-9-11-19(12-10-18)28-26(35)29-20-7-4-6-17(2)14-20/h3-4,6-7,9-12,14,16,21H,1,5,8,13,15H2,2H3,(H2,27,34)(H2,28,29,35). The Balaban J connectivity index is 1.50. The van der Waals surface area contributed by atoms with Crippen LogP contribution < -0.4 is 16.4 Å². The van der Waals surface area contributed by atoms with Gasteiger partial charge in [-0.05, 0) is 55.7 Å². The van der Waals surface area contributed by atoms with Crippen molar-refractivity contribution in [2.75, 3.05) is 23.7 Å². The lowest BCUT2D eigenvalue weighted by Crippen LogP contribution is -2.40. The van der Waals surface area contributed by atoms with E-state index in [0.29, 0.717) is 41.3 Å². The minimum Gasteiger partial charge on any atom is -0.365 e. The number of rotatable bonds is 6. The van der Waals surface area contributed by atoms with Gasteiger partial charge >= 0.3 is 6.03 Å². The summed E-state index contributed by atoms with van der Waals surface area (Å²) in [4.78, 5) is 38.3. The lowest BCUT2D eigenvalue weighted by atomic mass is 10.1. The summed E-state index contributed by atoms with van der Waals surface area (Å²) in [5, 5.41) is 10.2. The molecule has 9 nitrogen and oxygen atoms in total. The maximum absolute atomic E-state index is 12.3. The number of anilines is 2. The SMILES string of the molecule is C=CC(=O)N1CCCC(n2cc(C(N)=O)c(-c3ccc(NC(=O)Nc4cccc(C)c4)cc3)n2)C1. The van der Waals surface area contributed by atoms with Crippen LogP contribution in [0.25, 0.3) is 11.3 Å². The molecule has 35 heavy (non-hydrogen) atoms. The molecule has 3 aromatic rings. The molecule has 4 rings (SSSR count). The van der Waals surface area contributed by atoms with Gasteiger partial charge in [0.05, 0.1) is 11.6 Å². The number of aromatic nitrogens is 2. The molecule has 0 spiro atoms. The fraction of sp³-hybridized carbons (Fsp3) is 0.231. The maximum Gasteiger partial charge on any atom is 0.323 e. The van der Waals surface area contributed by atoms with Crippen LogP contribution in [0, 0.1) is 6.92 Å². The normalized spacial score (nSPS) is 15.3. The van der Waals surface area contributed by atoms with Crippen molar-refractivity contribution in [2.45, 2.75) is 25.8 Å². The number of nitrogens with zero attached hydrogens (tertiary/aromatic N) is 3. The first-order valence-corrected chi connectivity index (χ1v) is 11.4. The number of urea groups is 1. The van der Waals surface area contributed by atoms with Gasteiger partial charge in [0, 0.05) is 36.2 Å². The van der Waals surface area contributed by atoms with Gasteiger partial charge in [-0.1, -0.05) is 30.8 Å². The Morgan fingerprint density at radius 1 is 1.11 bits per heavy atom. The summed E-state index contributed by atoms with van der Waals surface area (Å²) < 4.78 is 1.72. The first-order chi connectivity index (χ1) is 16.8. The Bertz CT molecular complexity index is 1260. The zero-order valence-corrected chi connectivity index (χ0v) is 19.5. The number of carbonyl (C=O) groups excluding carboxylic acids is 3. The van der Waals surface area contributed by atoms with E-state index in [0.717, 1.165) is 18.4 Å². The Morgan fingerprint density at radius 2 is 1.86 bits per heavy atom. The molecule has 2 aromatic carbocycles. The van der Waals surface area contributed by atoms with Crippen molar-refractivity contribution in [3.8, 4) is 11.3 Å². The highest BCUT2D eigenvalue weighted by molar-refractivity contribution is 6.00. The molecular formula is C26H28N6O3. The number of carbonyl (C=O) groups is 3. The van der Waals surface area contributed by atoms with Gasteiger partial charge in [-0.25, -0.2) is 4.79 Å². The maximum atomic E-state index is 12.3. The van der Waals surface area contributed by atoms with Gasteiger partial charge in [-0.15, -0.1) is 0 Å². The number of piperidine rings is 1. The van der Waals surface area contributed by atoms with Crippen LogP contribution in [0.2, 0.25) is 0 Å². The number of aryl methyl sites for hydroxylation is 1. The van der Waals surface area contributed by atoms with Gasteiger partial charge in [-0.2, -0.15) is 5.10 Å². The number of likely N-dealkylation sites (tertiary alicyclic amines) is 1. The third-order valence-electron chi connectivity index (χ3n) is 5.95. The lowest BCUT2D eigenvalue weighted by molar-refractivity contribution is -0.127. The molecule has 1 aromatic heterocycles. The van der Waals surface area contributed by atoms with Gasteiger partial charge in [0.2, 0.25) is 5.91 Å². The van der Waals surface area contributed by atoms with Gasteiger partial charge in [0.1, 0.15) is 5.69 Å². The zero-order valence-electron chi connectivity index (χ0n) is 19.5. The largest absolute Gasteiger partial charge is 0.365 e. The molecule has 1 atom stereocenters. The molecule has 1 unspecified atom stereocenters. The summed E-state index contributed by atoms with van der Waals surface area (Å²) in [6, 6.07) is 14.1. The molecule has 0 radical (unpaired) electrons. The molecule has 9 heteroatoms. The first kappa shape index (κ1) is 23.7. The van der Waals surface area contributed by atoms with Crippen LogP contribution in [0.15, 0.2) is 67.4 Å². The van der Waals surface area contributed by atoms with E-state index in [9.17, 15) is 14.4 Å². The van der Waals surface area contributed by atoms with Crippen molar-refractivity contribution in [1.29, 1.82) is 0 Å². The highest BCUT2D eigenvalue weighted by atomic mass is 16.2. The van der Waals surface area contributed by atoms with Crippen molar-refractivity contribution >= 4 is 29.2 Å². The van der Waals surface area contributed by atoms with Crippen LogP contribution in [0.4, 0.5) is 16.2 Å². The predicted molar refractivity (Wildman–Crippen MR) is 135 cm³/mol. The van der Waals surface area contributed by atoms with Crippen molar-refractivity contribution in [3.05, 3.63) is 78.5 Å². The summed E-state index contributed by atoms with van der Waals surface area (Å²) >= 11 is 0. The molecule has 0 aliphatic carbocycles. The van der Waals surface area contributed by atoms with Crippen LogP contribution in [0.3, 0.4) is 0 Å². The second-order valence-electron chi connectivity index (χ2n) is 8.55. The molecule has 4 N–H and O–H groups in total. The molecule has 0 saturated carbocycles. The summed E-state index contributed by atoms with van der Waals surface area (Å²) in [7, 11) is 0. The molecular weight excluding hydrogens is 444 g/mol. The summed E-state index contributed by atoms with van der Waals surface area (Å²) in [5.41, 5.74) is 9.42. The molecule has 1 fully saturated rings. The Hall–Kier alpha value is -4.40. The van der Waals surface area contributed by atoms with Crippen molar-refractivity contribution in [3.63, 3.8) is 0 Å². The van der Waals surface area contributed by atoms with Crippen molar-refractivity contribution < 1.29 is 14.4 Å². The molecule has 1 aliphatic heterocycles. The van der Waals surface area contributed by atoms with E-state index in [2.05, 4.69) is 22.3 Å². The number of benzene rings is 2. The number of primary amides is 1. The van der Waals surface area contributed by atoms with Gasteiger partial charge in [0.15, 0.2) is 0 Å². The van der Waals surface area contributed by atoms with Crippen LogP contribution in [0.5, 0.6) is 0 Å². The Labute approximate surface area is 203 Å². The minimum absolute atomic E-state index is 0.0641. The summed E-state index contributed by atoms with van der Waals surface area (Å²) in [6.07, 6.45) is 4.61. The minimum atomic E-state index is -0.583. The van der Waals surface area contributed by atoms with E-state index in [-0.39, 0.29) is 18.0 Å². The van der Waals surface area contributed by atoms with E-state index in [1.807, 2.05) is 31.2 Å². The van der Waals surface area contributed by atoms with Crippen molar-refractivity contribution in [1.82, 2.24) is 14.7 Å². The van der Waals surface area contributed by atoms with Gasteiger partial charge in [0.25, 0.3) is 5.91 Å². The van der Waals surface area contributed by atoms with Gasteiger partial charge in [-0.3, -0.25) is 14.3 Å². The third kappa shape index (κ3) is 5.57. The molecule has 0 bridgehead atoms. The second kappa shape index (κ2) is 10.3. The van der Waals surface area contributed by atoms with E-state index in [1.54, 1.807) is 40.0 Å². The first-order valence-electron chi connectivity index (χ1n) is 11.4. The van der Waals surface area contributed by atoms with E-state index < -0.39 is 5.91 Å². The topological polar surface area (TPSA) is 122 Å². The Kier molecular flexibility index (Phi) is 6.96. The molecule has 180 valence electrons. The van der Waals surface area contributed by atoms with Crippen LogP contribution in [-0.2, 0) is 4.79 Å². The number of nitrogens with one attached hydrogen (secondary N) is 2. The van der Waals surface area contributed by atoms with Crippen LogP contribution in [0.1, 0.15) is 34.8 Å². The quantitative estimate of drug-likeness (QED) is 0.470. The monoisotopic (exact) mass is 472 g/mol. The van der Waals surface area contributed by atoms with E-state index in [1.165, 1.54) is 6.08 Å². The number of amides is 4. The smallest absolute Gasteiger partial charge is 0.323 e. The highest BCUT2D eigenvalue weighted by Crippen LogP contribution is 2.28. The zero-order chi connectivity index (χ0) is 24.9. The fourth-order valence-corrected chi connectivity index (χ4v) is 4.20. The number of hydrogen-bond acceptors (Lipinski definition) is 4. The van der Waals surface area contributed by atoms with Crippen LogP contribution >= 0.6 is 0 Å². The highest BCUT2D eigenvalue weighted by Gasteiger charge is 2.26. The predicted octanol–water partition coefficient (Wildman–Crippen LogP) is 3.95. The second-order valence-corrected chi connectivity index (χ2v) is 8.55. The molecule has 1 saturated heterocycles. The number of hydrogen-bond donors (Lipinski definition) is 3. The Morgan fingerprint density at radius 3 is 2.54 bits per heavy atom. The number of nitrogens with two attached hydrogens (primary N) is 1. The van der Waals surface area contributed by atoms with Gasteiger partial charge < -0.3 is 21.3 Å². The lowest BCUT2D eigenvalue weighted by Gasteiger charge is -2.32. The molecule has 4 amide bonds. The third-order valence-corrected chi connectivity index (χ3v) is 5.95. The fourth-order valence-electron chi connectivity index (χ4n) is 4.20. The average molecular weight is 473 g/mol. The molecule has 1 aliphatic rings. The summed E-state index contributed by atoms with van der Waals surface area (Å²) in [5.74, 6) is -0.701. The average Bonchev–Trinajstić information content (AvgIpc) is 3.30. The van der Waals surface area contributed by atoms with Crippen LogP contribution in [-0.4, -0.2) is 45.6 Å². The van der Waals surface area contributed by atoms with E-state index in [4.69, 9.17) is 5.73 Å². The molecule has 2 heterocycles. The summed E-state index contributed by atoms with van der Waals surface area (Å²) in [6.45, 7) is 6.67. The van der Waals surface area contributed by atoms with E-state index >= 15 is 0 Å². The van der Waals surface area contributed by atoms with Crippen molar-refractivity contribution in [2.24, 2.45) is 5.73 Å².